The van der Waals surface area contributed by atoms with Gasteiger partial charge in [-0.15, -0.1) is 17.0 Å². The number of fused-ring (bicyclic) bond motifs is 3. The standard InChI is InChI=1S/C26H31BrN4O8.BrH/c1-9(27)25(38)29-13-8-14(30(2)3)11-6-10-7-12-18(31(4)5)21(34)17(24(28)37)23(36)26(12,39)22(35)15(10)20(33)16(11)19(13)32;/h8-10,12,18,32,34-35,39H,6-7H2,1-5H3,(H2,28,37)(H,29,38);1H/t9?,10?,12?,18-,26-;/m0./s1. The monoisotopic (exact) mass is 686 g/mol. The average Bonchev–Trinajstić information content (AvgIpc) is 2.82. The van der Waals surface area contributed by atoms with Crippen molar-refractivity contribution in [1.29, 1.82) is 0 Å². The highest BCUT2D eigenvalue weighted by atomic mass is 79.9. The second-order valence-electron chi connectivity index (χ2n) is 10.6. The Bertz CT molecular complexity index is 1390. The molecule has 12 nitrogen and oxygen atoms in total. The number of rotatable bonds is 5. The molecule has 2 amide bonds. The van der Waals surface area contributed by atoms with Gasteiger partial charge in [0.05, 0.1) is 22.1 Å². The lowest BCUT2D eigenvalue weighted by atomic mass is 9.58. The molecule has 0 bridgehead atoms. The number of aliphatic hydroxyl groups excluding tert-OH is 2. The van der Waals surface area contributed by atoms with Crippen LogP contribution in [0, 0.1) is 11.8 Å². The fraction of sp³-hybridized carbons (Fsp3) is 0.462. The van der Waals surface area contributed by atoms with E-state index < -0.39 is 74.5 Å². The van der Waals surface area contributed by atoms with Crippen molar-refractivity contribution in [2.45, 2.75) is 36.2 Å². The first-order chi connectivity index (χ1) is 18.0. The summed E-state index contributed by atoms with van der Waals surface area (Å²) in [5.41, 5.74) is 2.28. The molecule has 5 atom stereocenters. The third-order valence-electron chi connectivity index (χ3n) is 7.80. The van der Waals surface area contributed by atoms with Gasteiger partial charge in [0.2, 0.25) is 11.7 Å². The topological polar surface area (TPSA) is 194 Å². The summed E-state index contributed by atoms with van der Waals surface area (Å²) in [5, 5.41) is 47.7. The molecule has 40 heavy (non-hydrogen) atoms. The van der Waals surface area contributed by atoms with E-state index in [4.69, 9.17) is 5.73 Å². The van der Waals surface area contributed by atoms with Gasteiger partial charge in [0, 0.05) is 31.3 Å². The van der Waals surface area contributed by atoms with Crippen molar-refractivity contribution < 1.29 is 39.6 Å². The number of carbonyl (C=O) groups excluding carboxylic acids is 4. The minimum Gasteiger partial charge on any atom is -0.510 e. The number of allylic oxidation sites excluding steroid dienone is 1. The van der Waals surface area contributed by atoms with Crippen LogP contribution in [0.4, 0.5) is 11.4 Å². The van der Waals surface area contributed by atoms with Gasteiger partial charge in [-0.2, -0.15) is 0 Å². The van der Waals surface area contributed by atoms with Crippen molar-refractivity contribution in [2.24, 2.45) is 17.6 Å². The number of Topliss-reactive ketones (excluding diaryl/α,β-unsaturated/α-hetero) is 2. The molecule has 0 aliphatic heterocycles. The van der Waals surface area contributed by atoms with Crippen LogP contribution in [-0.4, -0.2) is 93.4 Å². The Labute approximate surface area is 249 Å². The molecule has 3 aliphatic carbocycles. The molecule has 0 aromatic heterocycles. The number of nitrogens with two attached hydrogens (primary N) is 1. The van der Waals surface area contributed by atoms with E-state index in [-0.39, 0.29) is 46.6 Å². The number of nitrogens with zero attached hydrogens (tertiary/aromatic N) is 2. The number of ketones is 2. The zero-order valence-corrected chi connectivity index (χ0v) is 25.8. The van der Waals surface area contributed by atoms with Crippen molar-refractivity contribution in [2.75, 3.05) is 38.4 Å². The van der Waals surface area contributed by atoms with Crippen molar-refractivity contribution in [3.63, 3.8) is 0 Å². The predicted molar refractivity (Wildman–Crippen MR) is 155 cm³/mol. The maximum atomic E-state index is 13.9. The van der Waals surface area contributed by atoms with Crippen molar-refractivity contribution in [3.05, 3.63) is 39.9 Å². The molecule has 1 aromatic carbocycles. The van der Waals surface area contributed by atoms with Crippen LogP contribution in [0.15, 0.2) is 28.7 Å². The van der Waals surface area contributed by atoms with Gasteiger partial charge in [0.15, 0.2) is 17.1 Å². The number of carbonyl (C=O) groups is 4. The molecule has 3 aliphatic rings. The predicted octanol–water partition coefficient (Wildman–Crippen LogP) is 1.49. The quantitative estimate of drug-likeness (QED) is 0.150. The van der Waals surface area contributed by atoms with Crippen molar-refractivity contribution in [3.8, 4) is 5.75 Å². The van der Waals surface area contributed by atoms with Crippen LogP contribution in [0.1, 0.15) is 29.3 Å². The summed E-state index contributed by atoms with van der Waals surface area (Å²) in [7, 11) is 6.60. The van der Waals surface area contributed by atoms with Gasteiger partial charge in [0.25, 0.3) is 5.91 Å². The number of alkyl halides is 1. The molecule has 1 aromatic rings. The Morgan fingerprint density at radius 2 is 1.77 bits per heavy atom. The first-order valence-electron chi connectivity index (χ1n) is 12.2. The van der Waals surface area contributed by atoms with E-state index in [0.717, 1.165) is 0 Å². The third kappa shape index (κ3) is 4.50. The molecular weight excluding hydrogens is 656 g/mol. The number of aromatic hydroxyl groups is 1. The molecule has 218 valence electrons. The van der Waals surface area contributed by atoms with Crippen LogP contribution >= 0.6 is 32.9 Å². The average molecular weight is 688 g/mol. The SMILES string of the molecule is Br.CC(Br)C(=O)Nc1cc(N(C)C)c2c(c1O)C(=O)C1=C(O)[C@]3(O)C(=O)C(C(N)=O)=C(O)[C@@H](N(C)C)C3CC1C2. The minimum absolute atomic E-state index is 0. The van der Waals surface area contributed by atoms with Crippen LogP contribution in [-0.2, 0) is 20.8 Å². The number of aliphatic hydroxyl groups is 3. The summed E-state index contributed by atoms with van der Waals surface area (Å²) in [6.07, 6.45) is 0.123. The number of halogens is 2. The molecule has 0 fully saturated rings. The number of amides is 2. The van der Waals surface area contributed by atoms with Gasteiger partial charge < -0.3 is 36.4 Å². The highest BCUT2D eigenvalue weighted by molar-refractivity contribution is 9.10. The zero-order chi connectivity index (χ0) is 29.3. The summed E-state index contributed by atoms with van der Waals surface area (Å²) in [6.45, 7) is 1.59. The first-order valence-corrected chi connectivity index (χ1v) is 13.1. The molecule has 7 N–H and O–H groups in total. The number of nitrogens with one attached hydrogen (secondary N) is 1. The first kappa shape index (κ1) is 31.6. The maximum absolute atomic E-state index is 13.9. The van der Waals surface area contributed by atoms with E-state index in [1.54, 1.807) is 46.1 Å². The summed E-state index contributed by atoms with van der Waals surface area (Å²) in [5.74, 6) is -7.79. The Hall–Kier alpha value is -2.94. The fourth-order valence-corrected chi connectivity index (χ4v) is 6.14. The van der Waals surface area contributed by atoms with Crippen LogP contribution in [0.5, 0.6) is 5.75 Å². The van der Waals surface area contributed by atoms with Gasteiger partial charge >= 0.3 is 0 Å². The number of anilines is 2. The number of benzene rings is 1. The fourth-order valence-electron chi connectivity index (χ4n) is 6.03. The Morgan fingerprint density at radius 1 is 1.18 bits per heavy atom. The molecule has 3 unspecified atom stereocenters. The number of hydrogen-bond acceptors (Lipinski definition) is 10. The van der Waals surface area contributed by atoms with E-state index in [0.29, 0.717) is 11.3 Å². The molecular formula is C26H32Br2N4O8. The number of likely N-dealkylation sites (N-methyl/N-ethyl adjacent to an activating group) is 1. The van der Waals surface area contributed by atoms with E-state index in [1.807, 2.05) is 0 Å². The lowest BCUT2D eigenvalue weighted by Gasteiger charge is -2.50. The summed E-state index contributed by atoms with van der Waals surface area (Å²) in [4.78, 5) is 54.4. The molecule has 4 rings (SSSR count). The smallest absolute Gasteiger partial charge is 0.255 e. The van der Waals surface area contributed by atoms with Crippen LogP contribution in [0.3, 0.4) is 0 Å². The Balaban J connectivity index is 0.00000441. The second kappa shape index (κ2) is 10.8. The number of primary amides is 1. The highest BCUT2D eigenvalue weighted by Gasteiger charge is 2.63. The van der Waals surface area contributed by atoms with E-state index in [9.17, 15) is 39.6 Å². The zero-order valence-electron chi connectivity index (χ0n) is 22.5. The molecule has 14 heteroatoms. The molecule has 0 radical (unpaired) electrons. The molecule has 0 saturated carbocycles. The third-order valence-corrected chi connectivity index (χ3v) is 8.22. The van der Waals surface area contributed by atoms with Crippen LogP contribution in [0.25, 0.3) is 0 Å². The minimum atomic E-state index is -2.72. The second-order valence-corrected chi connectivity index (χ2v) is 12.0. The number of phenols is 1. The summed E-state index contributed by atoms with van der Waals surface area (Å²) >= 11 is 3.16. The van der Waals surface area contributed by atoms with Gasteiger partial charge in [-0.05, 0) is 51.4 Å². The Kier molecular flexibility index (Phi) is 8.53. The van der Waals surface area contributed by atoms with Crippen LogP contribution < -0.4 is 16.0 Å². The van der Waals surface area contributed by atoms with Gasteiger partial charge in [0.1, 0.15) is 17.1 Å². The summed E-state index contributed by atoms with van der Waals surface area (Å²) in [6, 6.07) is 0.476. The van der Waals surface area contributed by atoms with Gasteiger partial charge in [-0.1, -0.05) is 15.9 Å². The van der Waals surface area contributed by atoms with E-state index in [2.05, 4.69) is 21.2 Å². The highest BCUT2D eigenvalue weighted by Crippen LogP contribution is 2.53. The van der Waals surface area contributed by atoms with E-state index >= 15 is 0 Å². The summed E-state index contributed by atoms with van der Waals surface area (Å²) < 4.78 is 0. The number of hydrogen-bond donors (Lipinski definition) is 6. The Morgan fingerprint density at radius 3 is 2.27 bits per heavy atom. The van der Waals surface area contributed by atoms with Crippen molar-refractivity contribution >= 4 is 67.7 Å². The normalized spacial score (nSPS) is 26.4. The van der Waals surface area contributed by atoms with Gasteiger partial charge in [-0.25, -0.2) is 0 Å². The molecule has 0 saturated heterocycles. The number of phenolic OH excluding ortho intramolecular Hbond substituents is 1. The van der Waals surface area contributed by atoms with Gasteiger partial charge in [-0.3, -0.25) is 24.1 Å². The van der Waals surface area contributed by atoms with Crippen molar-refractivity contribution in [1.82, 2.24) is 4.90 Å². The lowest BCUT2D eigenvalue weighted by molar-refractivity contribution is -0.148. The van der Waals surface area contributed by atoms with Crippen LogP contribution in [0.2, 0.25) is 0 Å². The van der Waals surface area contributed by atoms with E-state index in [1.165, 1.54) is 4.90 Å². The molecule has 0 heterocycles. The largest absolute Gasteiger partial charge is 0.510 e. The lowest BCUT2D eigenvalue weighted by Crippen LogP contribution is -2.63. The molecule has 0 spiro atoms. The maximum Gasteiger partial charge on any atom is 0.255 e.